The van der Waals surface area contributed by atoms with Crippen LogP contribution in [-0.4, -0.2) is 22.2 Å². The van der Waals surface area contributed by atoms with Crippen LogP contribution in [0, 0.1) is 6.92 Å². The third kappa shape index (κ3) is 2.50. The van der Waals surface area contributed by atoms with Crippen molar-refractivity contribution >= 4 is 6.03 Å². The topological polar surface area (TPSA) is 80.0 Å². The van der Waals surface area contributed by atoms with Crippen LogP contribution in [0.25, 0.3) is 0 Å². The third-order valence-electron chi connectivity index (χ3n) is 2.43. The van der Waals surface area contributed by atoms with Gasteiger partial charge in [-0.25, -0.2) is 4.79 Å². The predicted molar refractivity (Wildman–Crippen MR) is 56.8 cm³/mol. The molecule has 1 heterocycles. The summed E-state index contributed by atoms with van der Waals surface area (Å²) in [7, 11) is 0. The molecule has 0 saturated heterocycles. The Labute approximate surface area is 93.8 Å². The Bertz CT molecular complexity index is 395. The summed E-state index contributed by atoms with van der Waals surface area (Å²) in [5, 5.41) is 9.48. The van der Waals surface area contributed by atoms with Gasteiger partial charge in [0.2, 0.25) is 5.89 Å². The number of aromatic nitrogens is 2. The van der Waals surface area contributed by atoms with Crippen LogP contribution in [0.2, 0.25) is 0 Å². The van der Waals surface area contributed by atoms with E-state index in [1.54, 1.807) is 6.92 Å². The van der Waals surface area contributed by atoms with E-state index in [4.69, 9.17) is 4.52 Å². The van der Waals surface area contributed by atoms with Gasteiger partial charge in [0, 0.05) is 13.0 Å². The highest BCUT2D eigenvalue weighted by atomic mass is 16.5. The maximum atomic E-state index is 11.6. The van der Waals surface area contributed by atoms with Crippen LogP contribution in [-0.2, 0) is 5.54 Å². The Kier molecular flexibility index (Phi) is 2.57. The van der Waals surface area contributed by atoms with Crippen LogP contribution >= 0.6 is 0 Å². The van der Waals surface area contributed by atoms with Crippen molar-refractivity contribution in [2.24, 2.45) is 0 Å². The van der Waals surface area contributed by atoms with E-state index >= 15 is 0 Å². The number of hydrogen-bond acceptors (Lipinski definition) is 4. The predicted octanol–water partition coefficient (Wildman–Crippen LogP) is 1.07. The molecule has 0 atom stereocenters. The van der Waals surface area contributed by atoms with E-state index in [0.717, 1.165) is 12.8 Å². The highest BCUT2D eigenvalue weighted by Gasteiger charge is 2.30. The maximum absolute atomic E-state index is 11.6. The zero-order chi connectivity index (χ0) is 11.8. The lowest BCUT2D eigenvalue weighted by Gasteiger charge is -2.22. The normalized spacial score (nSPS) is 15.9. The van der Waals surface area contributed by atoms with Crippen LogP contribution in [0.4, 0.5) is 4.79 Å². The fourth-order valence-electron chi connectivity index (χ4n) is 1.34. The van der Waals surface area contributed by atoms with Crippen molar-refractivity contribution in [3.05, 3.63) is 11.7 Å². The first-order chi connectivity index (χ1) is 7.47. The van der Waals surface area contributed by atoms with E-state index in [1.807, 2.05) is 13.8 Å². The molecular weight excluding hydrogens is 208 g/mol. The van der Waals surface area contributed by atoms with Crippen LogP contribution in [0.3, 0.4) is 0 Å². The molecule has 88 valence electrons. The van der Waals surface area contributed by atoms with Crippen LogP contribution < -0.4 is 10.6 Å². The summed E-state index contributed by atoms with van der Waals surface area (Å²) in [5.74, 6) is 0.975. The first-order valence-electron chi connectivity index (χ1n) is 5.37. The van der Waals surface area contributed by atoms with Crippen molar-refractivity contribution in [3.63, 3.8) is 0 Å². The van der Waals surface area contributed by atoms with Crippen molar-refractivity contribution in [1.29, 1.82) is 0 Å². The minimum Gasteiger partial charge on any atom is -0.340 e. The highest BCUT2D eigenvalue weighted by molar-refractivity contribution is 5.75. The smallest absolute Gasteiger partial charge is 0.315 e. The number of aryl methyl sites for hydroxylation is 1. The van der Waals surface area contributed by atoms with E-state index in [2.05, 4.69) is 20.8 Å². The summed E-state index contributed by atoms with van der Waals surface area (Å²) in [4.78, 5) is 15.7. The van der Waals surface area contributed by atoms with Crippen LogP contribution in [0.5, 0.6) is 0 Å². The molecule has 1 aromatic rings. The summed E-state index contributed by atoms with van der Waals surface area (Å²) in [6, 6.07) is 0.151. The number of nitrogens with one attached hydrogen (secondary N) is 2. The zero-order valence-corrected chi connectivity index (χ0v) is 9.70. The van der Waals surface area contributed by atoms with Gasteiger partial charge in [0.25, 0.3) is 0 Å². The molecule has 0 aromatic carbocycles. The third-order valence-corrected chi connectivity index (χ3v) is 2.43. The molecule has 6 heteroatoms. The van der Waals surface area contributed by atoms with Gasteiger partial charge in [0.1, 0.15) is 0 Å². The fraction of sp³-hybridized carbons (Fsp3) is 0.700. The Morgan fingerprint density at radius 2 is 2.19 bits per heavy atom. The second-order valence-corrected chi connectivity index (χ2v) is 4.63. The monoisotopic (exact) mass is 224 g/mol. The summed E-state index contributed by atoms with van der Waals surface area (Å²) < 4.78 is 4.89. The van der Waals surface area contributed by atoms with Gasteiger partial charge in [0.05, 0.1) is 5.54 Å². The van der Waals surface area contributed by atoms with Gasteiger partial charge in [-0.3, -0.25) is 0 Å². The average Bonchev–Trinajstić information content (AvgIpc) is 2.84. The lowest BCUT2D eigenvalue weighted by Crippen LogP contribution is -2.47. The second kappa shape index (κ2) is 3.77. The van der Waals surface area contributed by atoms with Crippen LogP contribution in [0.15, 0.2) is 4.52 Å². The average molecular weight is 224 g/mol. The van der Waals surface area contributed by atoms with E-state index in [-0.39, 0.29) is 6.03 Å². The minimum atomic E-state index is -0.628. The van der Waals surface area contributed by atoms with Crippen molar-refractivity contribution < 1.29 is 9.32 Å². The standard InChI is InChI=1S/C10H16N4O2/c1-6-11-8(14-16-6)10(2,3)13-9(15)12-7-4-5-7/h7H,4-5H2,1-3H3,(H2,12,13,15). The Balaban J connectivity index is 1.98. The molecule has 0 unspecified atom stereocenters. The number of carbonyl (C=O) groups excluding carboxylic acids is 1. The van der Waals surface area contributed by atoms with E-state index in [1.165, 1.54) is 0 Å². The molecule has 0 radical (unpaired) electrons. The first kappa shape index (κ1) is 10.9. The number of amides is 2. The number of hydrogen-bond donors (Lipinski definition) is 2. The largest absolute Gasteiger partial charge is 0.340 e. The van der Waals surface area contributed by atoms with Gasteiger partial charge in [0.15, 0.2) is 5.82 Å². The summed E-state index contributed by atoms with van der Waals surface area (Å²) >= 11 is 0. The Morgan fingerprint density at radius 1 is 1.50 bits per heavy atom. The molecule has 1 aliphatic carbocycles. The van der Waals surface area contributed by atoms with E-state index in [9.17, 15) is 4.79 Å². The van der Waals surface area contributed by atoms with Gasteiger partial charge in [-0.15, -0.1) is 0 Å². The lowest BCUT2D eigenvalue weighted by molar-refractivity contribution is 0.227. The minimum absolute atomic E-state index is 0.185. The van der Waals surface area contributed by atoms with E-state index in [0.29, 0.717) is 17.8 Å². The molecular formula is C10H16N4O2. The van der Waals surface area contributed by atoms with Gasteiger partial charge in [-0.05, 0) is 26.7 Å². The number of rotatable bonds is 3. The molecule has 6 nitrogen and oxygen atoms in total. The molecule has 16 heavy (non-hydrogen) atoms. The quantitative estimate of drug-likeness (QED) is 0.805. The SMILES string of the molecule is Cc1nc(C(C)(C)NC(=O)NC2CC2)no1. The molecule has 2 rings (SSSR count). The lowest BCUT2D eigenvalue weighted by atomic mass is 10.1. The Morgan fingerprint density at radius 3 is 2.69 bits per heavy atom. The Hall–Kier alpha value is -1.59. The number of carbonyl (C=O) groups is 1. The molecule has 1 fully saturated rings. The number of nitrogens with zero attached hydrogens (tertiary/aromatic N) is 2. The van der Waals surface area contributed by atoms with E-state index < -0.39 is 5.54 Å². The van der Waals surface area contributed by atoms with Crippen LogP contribution in [0.1, 0.15) is 38.4 Å². The molecule has 0 aliphatic heterocycles. The molecule has 2 amide bonds. The highest BCUT2D eigenvalue weighted by Crippen LogP contribution is 2.20. The van der Waals surface area contributed by atoms with Gasteiger partial charge in [-0.2, -0.15) is 4.98 Å². The molecule has 0 bridgehead atoms. The zero-order valence-electron chi connectivity index (χ0n) is 9.70. The number of urea groups is 1. The summed E-state index contributed by atoms with van der Waals surface area (Å²) in [6.45, 7) is 5.39. The van der Waals surface area contributed by atoms with Crippen molar-refractivity contribution in [1.82, 2.24) is 20.8 Å². The summed E-state index contributed by atoms with van der Waals surface area (Å²) in [6.07, 6.45) is 2.13. The maximum Gasteiger partial charge on any atom is 0.315 e. The van der Waals surface area contributed by atoms with Crippen molar-refractivity contribution in [2.75, 3.05) is 0 Å². The molecule has 1 aliphatic rings. The van der Waals surface area contributed by atoms with Gasteiger partial charge in [-0.1, -0.05) is 5.16 Å². The summed E-state index contributed by atoms with van der Waals surface area (Å²) in [5.41, 5.74) is -0.628. The van der Waals surface area contributed by atoms with Crippen molar-refractivity contribution in [3.8, 4) is 0 Å². The first-order valence-corrected chi connectivity index (χ1v) is 5.37. The molecule has 0 spiro atoms. The van der Waals surface area contributed by atoms with Gasteiger partial charge >= 0.3 is 6.03 Å². The molecule has 2 N–H and O–H groups in total. The molecule has 1 aromatic heterocycles. The molecule has 1 saturated carbocycles. The van der Waals surface area contributed by atoms with Crippen molar-refractivity contribution in [2.45, 2.75) is 45.2 Å². The second-order valence-electron chi connectivity index (χ2n) is 4.63. The fourth-order valence-corrected chi connectivity index (χ4v) is 1.34. The van der Waals surface area contributed by atoms with Gasteiger partial charge < -0.3 is 15.2 Å².